The monoisotopic (exact) mass is 514 g/mol. The van der Waals surface area contributed by atoms with E-state index in [-0.39, 0.29) is 24.0 Å². The number of hydrogen-bond acceptors (Lipinski definition) is 3. The molecule has 1 aliphatic rings. The van der Waals surface area contributed by atoms with Crippen molar-refractivity contribution in [3.8, 4) is 16.9 Å². The Labute approximate surface area is 202 Å². The lowest BCUT2D eigenvalue weighted by molar-refractivity contribution is -0.199. The predicted octanol–water partition coefficient (Wildman–Crippen LogP) is 7.12. The van der Waals surface area contributed by atoms with Gasteiger partial charge in [0, 0.05) is 24.5 Å². The Morgan fingerprint density at radius 3 is 1.92 bits per heavy atom. The molecule has 0 radical (unpaired) electrons. The topological polar surface area (TPSA) is 27.7 Å². The van der Waals surface area contributed by atoms with Crippen LogP contribution in [-0.2, 0) is 22.0 Å². The summed E-state index contributed by atoms with van der Waals surface area (Å²) in [4.78, 5) is 0. The van der Waals surface area contributed by atoms with Gasteiger partial charge in [-0.3, -0.25) is 0 Å². The van der Waals surface area contributed by atoms with Gasteiger partial charge < -0.3 is 14.2 Å². The Bertz CT molecular complexity index is 1180. The average molecular weight is 514 g/mol. The van der Waals surface area contributed by atoms with E-state index in [0.717, 1.165) is 5.56 Å². The van der Waals surface area contributed by atoms with Gasteiger partial charge in [-0.25, -0.2) is 22.0 Å². The SMILES string of the molecule is CC1COC(CCc2ccc(-c3cc(F)c(C(F)(F)Oc4cc(F)c(F)c(F)c4)c(F)c3)cc2)OC1. The number of benzene rings is 3. The van der Waals surface area contributed by atoms with Crippen molar-refractivity contribution in [2.75, 3.05) is 13.2 Å². The first-order valence-corrected chi connectivity index (χ1v) is 11.1. The Morgan fingerprint density at radius 2 is 1.36 bits per heavy atom. The van der Waals surface area contributed by atoms with E-state index in [4.69, 9.17) is 9.47 Å². The fourth-order valence-corrected chi connectivity index (χ4v) is 3.76. The molecular formula is C26H21F7O3. The smallest absolute Gasteiger partial charge is 0.429 e. The average Bonchev–Trinajstić information content (AvgIpc) is 2.81. The molecule has 36 heavy (non-hydrogen) atoms. The molecule has 3 nitrogen and oxygen atoms in total. The lowest BCUT2D eigenvalue weighted by Crippen LogP contribution is -2.30. The summed E-state index contributed by atoms with van der Waals surface area (Å²) in [5, 5.41) is 0. The fourth-order valence-electron chi connectivity index (χ4n) is 3.76. The van der Waals surface area contributed by atoms with Gasteiger partial charge in [0.2, 0.25) is 0 Å². The third-order valence-corrected chi connectivity index (χ3v) is 5.63. The maximum absolute atomic E-state index is 14.6. The molecule has 3 aromatic carbocycles. The van der Waals surface area contributed by atoms with Crippen molar-refractivity contribution in [3.63, 3.8) is 0 Å². The van der Waals surface area contributed by atoms with Crippen LogP contribution in [0, 0.1) is 35.0 Å². The molecule has 0 unspecified atom stereocenters. The van der Waals surface area contributed by atoms with Gasteiger partial charge in [-0.15, -0.1) is 0 Å². The Hall–Kier alpha value is -3.11. The van der Waals surface area contributed by atoms with Crippen molar-refractivity contribution < 1.29 is 44.9 Å². The van der Waals surface area contributed by atoms with Crippen molar-refractivity contribution in [3.05, 3.63) is 88.7 Å². The van der Waals surface area contributed by atoms with Crippen molar-refractivity contribution in [2.24, 2.45) is 5.92 Å². The summed E-state index contributed by atoms with van der Waals surface area (Å²) in [6, 6.07) is 8.33. The molecule has 0 aliphatic carbocycles. The number of halogens is 7. The zero-order chi connectivity index (χ0) is 26.0. The molecule has 0 atom stereocenters. The molecule has 1 heterocycles. The Morgan fingerprint density at radius 1 is 0.806 bits per heavy atom. The number of aryl methyl sites for hydroxylation is 1. The van der Waals surface area contributed by atoms with Crippen LogP contribution in [0.3, 0.4) is 0 Å². The van der Waals surface area contributed by atoms with Crippen molar-refractivity contribution in [1.29, 1.82) is 0 Å². The molecule has 0 bridgehead atoms. The molecule has 0 spiro atoms. The third kappa shape index (κ3) is 5.82. The molecule has 1 saturated heterocycles. The van der Waals surface area contributed by atoms with Gasteiger partial charge in [-0.1, -0.05) is 31.2 Å². The summed E-state index contributed by atoms with van der Waals surface area (Å²) in [5.74, 6) is -9.57. The van der Waals surface area contributed by atoms with Crippen LogP contribution >= 0.6 is 0 Å². The highest BCUT2D eigenvalue weighted by Crippen LogP contribution is 2.37. The van der Waals surface area contributed by atoms with E-state index in [1.54, 1.807) is 24.3 Å². The number of alkyl halides is 2. The van der Waals surface area contributed by atoms with Crippen molar-refractivity contribution in [2.45, 2.75) is 32.2 Å². The summed E-state index contributed by atoms with van der Waals surface area (Å²) in [6.07, 6.45) is -3.69. The quantitative estimate of drug-likeness (QED) is 0.248. The standard InChI is InChI=1S/C26H21F7O3/c1-14-12-34-23(35-13-14)7-4-15-2-5-16(6-3-15)17-8-19(27)24(20(28)9-17)26(32,33)36-18-10-21(29)25(31)22(30)11-18/h2-3,5-6,8-11,14,23H,4,7,12-13H2,1H3. The summed E-state index contributed by atoms with van der Waals surface area (Å²) in [7, 11) is 0. The van der Waals surface area contributed by atoms with Gasteiger partial charge in [0.05, 0.1) is 13.2 Å². The summed E-state index contributed by atoms with van der Waals surface area (Å²) in [5.41, 5.74) is -0.479. The maximum Gasteiger partial charge on any atom is 0.432 e. The number of rotatable bonds is 7. The van der Waals surface area contributed by atoms with Crippen LogP contribution in [0.2, 0.25) is 0 Å². The number of ether oxygens (including phenoxy) is 3. The summed E-state index contributed by atoms with van der Waals surface area (Å²) in [6.45, 7) is 3.27. The normalized spacial score (nSPS) is 18.3. The van der Waals surface area contributed by atoms with Gasteiger partial charge in [-0.2, -0.15) is 8.78 Å². The first kappa shape index (κ1) is 26.0. The van der Waals surface area contributed by atoms with E-state index in [1.165, 1.54) is 0 Å². The molecule has 0 amide bonds. The minimum absolute atomic E-state index is 0.0112. The van der Waals surface area contributed by atoms with Crippen molar-refractivity contribution >= 4 is 0 Å². The van der Waals surface area contributed by atoms with E-state index in [9.17, 15) is 30.7 Å². The Balaban J connectivity index is 1.48. The third-order valence-electron chi connectivity index (χ3n) is 5.63. The largest absolute Gasteiger partial charge is 0.432 e. The zero-order valence-electron chi connectivity index (χ0n) is 19.0. The molecule has 1 aliphatic heterocycles. The van der Waals surface area contributed by atoms with E-state index in [0.29, 0.717) is 49.7 Å². The minimum atomic E-state index is -4.64. The van der Waals surface area contributed by atoms with Gasteiger partial charge >= 0.3 is 6.11 Å². The van der Waals surface area contributed by atoms with Gasteiger partial charge in [0.15, 0.2) is 23.7 Å². The van der Waals surface area contributed by atoms with Crippen LogP contribution < -0.4 is 4.74 Å². The van der Waals surface area contributed by atoms with Crippen LogP contribution in [0.4, 0.5) is 30.7 Å². The molecule has 0 saturated carbocycles. The highest BCUT2D eigenvalue weighted by molar-refractivity contribution is 5.64. The molecule has 3 aromatic rings. The van der Waals surface area contributed by atoms with Crippen LogP contribution in [0.5, 0.6) is 5.75 Å². The molecular weight excluding hydrogens is 493 g/mol. The second kappa shape index (κ2) is 10.5. The summed E-state index contributed by atoms with van der Waals surface area (Å²) < 4.78 is 113. The van der Waals surface area contributed by atoms with Crippen LogP contribution in [0.25, 0.3) is 11.1 Å². The first-order valence-electron chi connectivity index (χ1n) is 11.1. The highest BCUT2D eigenvalue weighted by Gasteiger charge is 2.41. The van der Waals surface area contributed by atoms with Gasteiger partial charge in [0.1, 0.15) is 22.9 Å². The molecule has 192 valence electrons. The predicted molar refractivity (Wildman–Crippen MR) is 116 cm³/mol. The maximum atomic E-state index is 14.6. The van der Waals surface area contributed by atoms with Crippen LogP contribution in [-0.4, -0.2) is 19.5 Å². The van der Waals surface area contributed by atoms with E-state index in [1.807, 2.05) is 6.92 Å². The second-order valence-electron chi connectivity index (χ2n) is 8.57. The molecule has 1 fully saturated rings. The van der Waals surface area contributed by atoms with E-state index < -0.39 is 46.5 Å². The molecule has 4 rings (SSSR count). The molecule has 0 aromatic heterocycles. The molecule has 10 heteroatoms. The van der Waals surface area contributed by atoms with Crippen LogP contribution in [0.1, 0.15) is 24.5 Å². The van der Waals surface area contributed by atoms with Gasteiger partial charge in [-0.05, 0) is 35.2 Å². The lowest BCUT2D eigenvalue weighted by Gasteiger charge is -2.27. The van der Waals surface area contributed by atoms with E-state index >= 15 is 0 Å². The van der Waals surface area contributed by atoms with Crippen molar-refractivity contribution in [1.82, 2.24) is 0 Å². The van der Waals surface area contributed by atoms with Crippen LogP contribution in [0.15, 0.2) is 48.5 Å². The minimum Gasteiger partial charge on any atom is -0.429 e. The Kier molecular flexibility index (Phi) is 7.56. The number of hydrogen-bond donors (Lipinski definition) is 0. The lowest BCUT2D eigenvalue weighted by atomic mass is 10.00. The summed E-state index contributed by atoms with van der Waals surface area (Å²) >= 11 is 0. The first-order chi connectivity index (χ1) is 17.0. The second-order valence-corrected chi connectivity index (χ2v) is 8.57. The highest BCUT2D eigenvalue weighted by atomic mass is 19.3. The fraction of sp³-hybridized carbons (Fsp3) is 0.308. The van der Waals surface area contributed by atoms with Gasteiger partial charge in [0.25, 0.3) is 0 Å². The molecule has 0 N–H and O–H groups in total. The zero-order valence-corrected chi connectivity index (χ0v) is 19.0. The van der Waals surface area contributed by atoms with E-state index in [2.05, 4.69) is 4.74 Å².